The topological polar surface area (TPSA) is 268 Å². The lowest BCUT2D eigenvalue weighted by Crippen LogP contribution is -2.65. The van der Waals surface area contributed by atoms with Crippen molar-refractivity contribution >= 4 is 5.91 Å². The minimum absolute atomic E-state index is 0.193. The van der Waals surface area contributed by atoms with E-state index in [0.717, 1.165) is 51.4 Å². The number of hydrogen-bond donors (Lipinski definition) is 11. The molecule has 2 rings (SSSR count). The van der Waals surface area contributed by atoms with E-state index in [-0.39, 0.29) is 12.8 Å². The van der Waals surface area contributed by atoms with Gasteiger partial charge in [-0.2, -0.15) is 0 Å². The first kappa shape index (κ1) is 66.0. The number of carbonyl (C=O) groups excluding carboxylic acids is 1. The third-order valence-electron chi connectivity index (χ3n) is 14.8. The van der Waals surface area contributed by atoms with Gasteiger partial charge in [0.2, 0.25) is 5.91 Å². The molecular formula is C55H107NO15. The van der Waals surface area contributed by atoms with Crippen LogP contribution >= 0.6 is 0 Å². The van der Waals surface area contributed by atoms with E-state index in [1.165, 1.54) is 148 Å². The predicted octanol–water partition coefficient (Wildman–Crippen LogP) is 6.89. The van der Waals surface area contributed by atoms with Gasteiger partial charge in [-0.05, 0) is 12.8 Å². The van der Waals surface area contributed by atoms with E-state index in [1.807, 2.05) is 0 Å². The quantitative estimate of drug-likeness (QED) is 0.0277. The van der Waals surface area contributed by atoms with Crippen LogP contribution in [0.15, 0.2) is 0 Å². The molecule has 11 N–H and O–H groups in total. The van der Waals surface area contributed by atoms with Gasteiger partial charge in [0.05, 0.1) is 32.0 Å². The Hall–Kier alpha value is -1.09. The lowest BCUT2D eigenvalue weighted by Gasteiger charge is -2.46. The first-order valence-electron chi connectivity index (χ1n) is 29.0. The average Bonchev–Trinajstić information content (AvgIpc) is 3.37. The number of nitrogens with one attached hydrogen (secondary N) is 1. The van der Waals surface area contributed by atoms with E-state index < -0.39 is 111 Å². The van der Waals surface area contributed by atoms with Crippen LogP contribution in [-0.4, -0.2) is 163 Å². The lowest BCUT2D eigenvalue weighted by atomic mass is 9.97. The van der Waals surface area contributed by atoms with Gasteiger partial charge >= 0.3 is 0 Å². The van der Waals surface area contributed by atoms with Crippen molar-refractivity contribution in [3.05, 3.63) is 0 Å². The summed E-state index contributed by atoms with van der Waals surface area (Å²) in [6.07, 6.45) is 19.2. The molecule has 16 nitrogen and oxygen atoms in total. The minimum atomic E-state index is -1.87. The summed E-state index contributed by atoms with van der Waals surface area (Å²) in [5, 5.41) is 109. The Morgan fingerprint density at radius 3 is 1.21 bits per heavy atom. The number of ether oxygens (including phenoxy) is 4. The van der Waals surface area contributed by atoms with Crippen molar-refractivity contribution < 1.29 is 74.8 Å². The molecule has 2 aliphatic rings. The number of unbranched alkanes of at least 4 members (excludes halogenated alkanes) is 31. The molecule has 0 saturated carbocycles. The fourth-order valence-electron chi connectivity index (χ4n) is 9.91. The highest BCUT2D eigenvalue weighted by Crippen LogP contribution is 2.30. The molecule has 0 aliphatic carbocycles. The van der Waals surface area contributed by atoms with Crippen molar-refractivity contribution in [3.63, 3.8) is 0 Å². The molecular weight excluding hydrogens is 915 g/mol. The van der Waals surface area contributed by atoms with E-state index in [4.69, 9.17) is 18.9 Å². The zero-order chi connectivity index (χ0) is 52.1. The molecule has 2 heterocycles. The summed E-state index contributed by atoms with van der Waals surface area (Å²) in [5.41, 5.74) is 0. The standard InChI is InChI=1S/C55H107NO15/c1-3-5-7-9-11-13-15-17-18-19-20-21-22-23-24-25-27-29-31-33-35-37-43(60)53(67)56-41(46(61)42(59)36-34-32-30-28-26-16-14-12-10-8-6-4-2)40-68-55-52(50(65)48(63)45(39-58)70-55)71-54-51(66)49(64)47(62)44(38-57)69-54/h41-52,54-55,57-66H,3-40H2,1-2H3,(H,56,67). The molecule has 0 bridgehead atoms. The highest BCUT2D eigenvalue weighted by Gasteiger charge is 2.51. The molecule has 1 amide bonds. The number of carbonyl (C=O) groups is 1. The van der Waals surface area contributed by atoms with Gasteiger partial charge in [0.1, 0.15) is 61.0 Å². The van der Waals surface area contributed by atoms with Gasteiger partial charge < -0.3 is 75.3 Å². The summed E-state index contributed by atoms with van der Waals surface area (Å²) in [4.78, 5) is 13.4. The number of aliphatic hydroxyl groups excluding tert-OH is 10. The number of amides is 1. The molecule has 14 unspecified atom stereocenters. The van der Waals surface area contributed by atoms with E-state index >= 15 is 0 Å². The third kappa shape index (κ3) is 28.0. The van der Waals surface area contributed by atoms with Gasteiger partial charge in [0.25, 0.3) is 0 Å². The van der Waals surface area contributed by atoms with Crippen molar-refractivity contribution in [1.29, 1.82) is 0 Å². The molecule has 71 heavy (non-hydrogen) atoms. The molecule has 0 aromatic heterocycles. The third-order valence-corrected chi connectivity index (χ3v) is 14.8. The number of aliphatic hydroxyl groups is 10. The largest absolute Gasteiger partial charge is 0.394 e. The average molecular weight is 1020 g/mol. The lowest BCUT2D eigenvalue weighted by molar-refractivity contribution is -0.368. The summed E-state index contributed by atoms with van der Waals surface area (Å²) in [7, 11) is 0. The summed E-state index contributed by atoms with van der Waals surface area (Å²) < 4.78 is 22.9. The Labute approximate surface area is 429 Å². The van der Waals surface area contributed by atoms with Gasteiger partial charge in [-0.3, -0.25) is 4.79 Å². The summed E-state index contributed by atoms with van der Waals surface area (Å²) in [5.74, 6) is -0.772. The Kier molecular flexibility index (Phi) is 39.1. The molecule has 0 spiro atoms. The molecule has 2 aliphatic heterocycles. The van der Waals surface area contributed by atoms with E-state index in [2.05, 4.69) is 19.2 Å². The predicted molar refractivity (Wildman–Crippen MR) is 275 cm³/mol. The maximum absolute atomic E-state index is 13.4. The van der Waals surface area contributed by atoms with Gasteiger partial charge in [-0.25, -0.2) is 0 Å². The fraction of sp³-hybridized carbons (Fsp3) is 0.982. The second-order valence-corrected chi connectivity index (χ2v) is 21.1. The highest BCUT2D eigenvalue weighted by molar-refractivity contribution is 5.80. The Morgan fingerprint density at radius 2 is 0.817 bits per heavy atom. The van der Waals surface area contributed by atoms with Gasteiger partial charge in [-0.1, -0.05) is 226 Å². The first-order chi connectivity index (χ1) is 34.4. The molecule has 2 fully saturated rings. The monoisotopic (exact) mass is 1020 g/mol. The Bertz CT molecular complexity index is 1240. The Morgan fingerprint density at radius 1 is 0.465 bits per heavy atom. The van der Waals surface area contributed by atoms with Crippen molar-refractivity contribution in [2.24, 2.45) is 0 Å². The van der Waals surface area contributed by atoms with Crippen LogP contribution < -0.4 is 5.32 Å². The second kappa shape index (κ2) is 42.1. The first-order valence-corrected chi connectivity index (χ1v) is 29.0. The zero-order valence-electron chi connectivity index (χ0n) is 44.5. The molecule has 16 heteroatoms. The Balaban J connectivity index is 1.87. The van der Waals surface area contributed by atoms with Gasteiger partial charge in [0, 0.05) is 0 Å². The van der Waals surface area contributed by atoms with Gasteiger partial charge in [-0.15, -0.1) is 0 Å². The molecule has 0 aromatic carbocycles. The van der Waals surface area contributed by atoms with Crippen molar-refractivity contribution in [2.75, 3.05) is 19.8 Å². The summed E-state index contributed by atoms with van der Waals surface area (Å²) in [6, 6.07) is -1.31. The molecule has 422 valence electrons. The maximum atomic E-state index is 13.4. The van der Waals surface area contributed by atoms with Crippen molar-refractivity contribution in [3.8, 4) is 0 Å². The van der Waals surface area contributed by atoms with Crippen LogP contribution in [0, 0.1) is 0 Å². The van der Waals surface area contributed by atoms with Crippen molar-refractivity contribution in [1.82, 2.24) is 5.32 Å². The molecule has 2 saturated heterocycles. The second-order valence-electron chi connectivity index (χ2n) is 21.1. The number of rotatable bonds is 46. The molecule has 0 radical (unpaired) electrons. The zero-order valence-corrected chi connectivity index (χ0v) is 44.5. The van der Waals surface area contributed by atoms with Crippen LogP contribution in [-0.2, 0) is 23.7 Å². The van der Waals surface area contributed by atoms with Crippen LogP contribution in [0.5, 0.6) is 0 Å². The molecule has 0 aromatic rings. The summed E-state index contributed by atoms with van der Waals surface area (Å²) in [6.45, 7) is 2.41. The van der Waals surface area contributed by atoms with E-state index in [1.54, 1.807) is 0 Å². The van der Waals surface area contributed by atoms with Crippen LogP contribution in [0.4, 0.5) is 0 Å². The SMILES string of the molecule is CCCCCCCCCCCCCCCCCCCCCCCC(O)C(=O)NC(COC1OC(CO)C(O)C(O)C1OC1OC(CO)C(O)C(O)C1O)C(O)C(O)CCCCCCCCCCCCCC. The smallest absolute Gasteiger partial charge is 0.249 e. The summed E-state index contributed by atoms with van der Waals surface area (Å²) >= 11 is 0. The highest BCUT2D eigenvalue weighted by atomic mass is 16.8. The van der Waals surface area contributed by atoms with Crippen LogP contribution in [0.2, 0.25) is 0 Å². The van der Waals surface area contributed by atoms with E-state index in [0.29, 0.717) is 12.8 Å². The fourth-order valence-corrected chi connectivity index (χ4v) is 9.91. The molecule has 14 atom stereocenters. The van der Waals surface area contributed by atoms with Gasteiger partial charge in [0.15, 0.2) is 12.6 Å². The minimum Gasteiger partial charge on any atom is -0.394 e. The normalized spacial score (nSPS) is 26.6. The number of hydrogen-bond acceptors (Lipinski definition) is 15. The van der Waals surface area contributed by atoms with Crippen LogP contribution in [0.3, 0.4) is 0 Å². The van der Waals surface area contributed by atoms with Crippen LogP contribution in [0.1, 0.15) is 239 Å². The van der Waals surface area contributed by atoms with E-state index in [9.17, 15) is 55.9 Å². The van der Waals surface area contributed by atoms with Crippen LogP contribution in [0.25, 0.3) is 0 Å². The maximum Gasteiger partial charge on any atom is 0.249 e. The van der Waals surface area contributed by atoms with Crippen molar-refractivity contribution in [2.45, 2.75) is 324 Å².